The van der Waals surface area contributed by atoms with Gasteiger partial charge in [-0.15, -0.1) is 0 Å². The number of rotatable bonds is 9. The zero-order valence-electron chi connectivity index (χ0n) is 44.6. The molecule has 2 aliphatic heterocycles. The average molecular weight is 1050 g/mol. The number of hydrogen-bond acceptors (Lipinski definition) is 5. The van der Waals surface area contributed by atoms with E-state index in [1.807, 2.05) is 36.4 Å². The molecule has 0 amide bonds. The molecular formula is C75H49BN6. The highest BCUT2D eigenvalue weighted by molar-refractivity contribution is 7.00. The second-order valence-corrected chi connectivity index (χ2v) is 21.1. The van der Waals surface area contributed by atoms with Gasteiger partial charge in [-0.3, -0.25) is 0 Å². The summed E-state index contributed by atoms with van der Waals surface area (Å²) in [4.78, 5) is 20.9. The molecule has 0 unspecified atom stereocenters. The van der Waals surface area contributed by atoms with Crippen LogP contribution in [0.15, 0.2) is 297 Å². The fourth-order valence-electron chi connectivity index (χ4n) is 12.8. The van der Waals surface area contributed by atoms with Crippen molar-refractivity contribution in [1.29, 1.82) is 0 Å². The van der Waals surface area contributed by atoms with Crippen molar-refractivity contribution in [2.45, 2.75) is 0 Å². The number of aromatic nitrogens is 4. The van der Waals surface area contributed by atoms with Crippen LogP contribution in [0.2, 0.25) is 0 Å². The first-order valence-corrected chi connectivity index (χ1v) is 28.0. The van der Waals surface area contributed by atoms with E-state index in [0.29, 0.717) is 17.5 Å². The summed E-state index contributed by atoms with van der Waals surface area (Å²) in [5.41, 5.74) is 23.2. The summed E-state index contributed by atoms with van der Waals surface area (Å²) in [5, 5.41) is 2.32. The van der Waals surface area contributed by atoms with Crippen molar-refractivity contribution in [3.05, 3.63) is 297 Å². The summed E-state index contributed by atoms with van der Waals surface area (Å²) in [6, 6.07) is 107. The molecule has 0 saturated heterocycles. The largest absolute Gasteiger partial charge is 0.311 e. The Morgan fingerprint density at radius 1 is 0.268 bits per heavy atom. The first-order valence-electron chi connectivity index (χ1n) is 28.0. The van der Waals surface area contributed by atoms with Crippen LogP contribution in [0.25, 0.3) is 95.0 Å². The number of hydrogen-bond donors (Lipinski definition) is 0. The molecule has 0 aliphatic carbocycles. The summed E-state index contributed by atoms with van der Waals surface area (Å²) in [7, 11) is 0. The average Bonchev–Trinajstić information content (AvgIpc) is 2.92. The third kappa shape index (κ3) is 7.77. The minimum atomic E-state index is 0.0122. The molecule has 0 bridgehead atoms. The van der Waals surface area contributed by atoms with Crippen LogP contribution in [0.1, 0.15) is 0 Å². The number of benzene rings is 12. The van der Waals surface area contributed by atoms with Crippen molar-refractivity contribution in [2.75, 3.05) is 9.80 Å². The van der Waals surface area contributed by atoms with E-state index in [1.54, 1.807) is 0 Å². The summed E-state index contributed by atoms with van der Waals surface area (Å²) in [6.07, 6.45) is 0. The second-order valence-electron chi connectivity index (χ2n) is 21.1. The maximum atomic E-state index is 5.41. The minimum Gasteiger partial charge on any atom is -0.311 e. The Hall–Kier alpha value is -10.9. The fourth-order valence-corrected chi connectivity index (χ4v) is 12.8. The zero-order chi connectivity index (χ0) is 54.1. The van der Waals surface area contributed by atoms with Gasteiger partial charge in [0.1, 0.15) is 0 Å². The predicted molar refractivity (Wildman–Crippen MR) is 341 cm³/mol. The number of fused-ring (bicyclic) bond motifs is 7. The van der Waals surface area contributed by atoms with Gasteiger partial charge in [0.15, 0.2) is 17.5 Å². The van der Waals surface area contributed by atoms with E-state index < -0.39 is 0 Å². The van der Waals surface area contributed by atoms with Gasteiger partial charge in [-0.2, -0.15) is 0 Å². The van der Waals surface area contributed by atoms with E-state index in [-0.39, 0.29) is 6.71 Å². The van der Waals surface area contributed by atoms with Gasteiger partial charge in [0, 0.05) is 67.2 Å². The van der Waals surface area contributed by atoms with Gasteiger partial charge in [0.2, 0.25) is 0 Å². The number of para-hydroxylation sites is 6. The summed E-state index contributed by atoms with van der Waals surface area (Å²) >= 11 is 0. The quantitative estimate of drug-likeness (QED) is 0.135. The lowest BCUT2D eigenvalue weighted by molar-refractivity contribution is 1.06. The van der Waals surface area contributed by atoms with Crippen molar-refractivity contribution < 1.29 is 0 Å². The Labute approximate surface area is 476 Å². The monoisotopic (exact) mass is 1040 g/mol. The van der Waals surface area contributed by atoms with Crippen LogP contribution in [0.5, 0.6) is 0 Å². The molecule has 12 aromatic carbocycles. The first kappa shape index (κ1) is 47.1. The van der Waals surface area contributed by atoms with Crippen molar-refractivity contribution in [1.82, 2.24) is 19.5 Å². The maximum Gasteiger partial charge on any atom is 0.252 e. The van der Waals surface area contributed by atoms with Gasteiger partial charge in [-0.1, -0.05) is 218 Å². The molecule has 0 fully saturated rings. The van der Waals surface area contributed by atoms with Gasteiger partial charge < -0.3 is 14.4 Å². The molecule has 382 valence electrons. The molecule has 7 heteroatoms. The van der Waals surface area contributed by atoms with E-state index in [1.165, 1.54) is 33.3 Å². The molecule has 4 heterocycles. The highest BCUT2D eigenvalue weighted by atomic mass is 15.2. The Bertz CT molecular complexity index is 4590. The second kappa shape index (κ2) is 19.5. The SMILES string of the molecule is c1ccc(-c2ccc3c(c2)c2ccccc2n3-c2c(-c3cccc(-c4cc5c6c(c4)N(c4ccccc4)c4ccccc4B6c4ccccc4N5c4ccccc4)c3)cccc2-c2nc(-c3ccccc3)nc(-c3ccccc3)n2)cc1. The fraction of sp³-hybridized carbons (Fsp3) is 0. The molecule has 0 atom stereocenters. The molecule has 2 aliphatic rings. The molecule has 14 aromatic rings. The van der Waals surface area contributed by atoms with Gasteiger partial charge >= 0.3 is 0 Å². The van der Waals surface area contributed by atoms with E-state index in [9.17, 15) is 0 Å². The summed E-state index contributed by atoms with van der Waals surface area (Å²) < 4.78 is 2.44. The minimum absolute atomic E-state index is 0.0122. The molecule has 0 spiro atoms. The van der Waals surface area contributed by atoms with Gasteiger partial charge in [-0.05, 0) is 123 Å². The summed E-state index contributed by atoms with van der Waals surface area (Å²) in [6.45, 7) is 0.0122. The van der Waals surface area contributed by atoms with E-state index in [0.717, 1.165) is 94.8 Å². The Morgan fingerprint density at radius 2 is 0.720 bits per heavy atom. The van der Waals surface area contributed by atoms with Crippen LogP contribution in [0.4, 0.5) is 34.1 Å². The third-order valence-electron chi connectivity index (χ3n) is 16.4. The number of nitrogens with zero attached hydrogens (tertiary/aromatic N) is 6. The van der Waals surface area contributed by atoms with E-state index >= 15 is 0 Å². The standard InChI is InChI=1S/C75H49BN6/c1-6-24-50(25-7-1)54-44-45-66-62(47-54)60-36-16-19-41-65(60)82(66)72-59(37-23-38-61(72)75-78-73(51-26-8-2-9-27-51)77-74(79-75)52-28-10-3-11-29-52)55-31-22-30-53(46-55)56-48-69-71-70(49-56)81(58-34-14-5-15-35-58)68-43-21-18-40-64(68)76(71)63-39-17-20-42-67(63)80(69)57-32-12-4-13-33-57/h1-49H. The third-order valence-corrected chi connectivity index (χ3v) is 16.4. The Morgan fingerprint density at radius 3 is 1.33 bits per heavy atom. The molecule has 0 saturated carbocycles. The molecule has 0 radical (unpaired) electrons. The van der Waals surface area contributed by atoms with Crippen LogP contribution >= 0.6 is 0 Å². The molecule has 16 rings (SSSR count). The van der Waals surface area contributed by atoms with Crippen LogP contribution in [0.3, 0.4) is 0 Å². The molecular weight excluding hydrogens is 996 g/mol. The highest BCUT2D eigenvalue weighted by Gasteiger charge is 2.43. The van der Waals surface area contributed by atoms with Crippen LogP contribution < -0.4 is 26.2 Å². The normalized spacial score (nSPS) is 12.3. The van der Waals surface area contributed by atoms with Crippen molar-refractivity contribution in [3.8, 4) is 73.2 Å². The molecule has 0 N–H and O–H groups in total. The maximum absolute atomic E-state index is 5.41. The molecule has 2 aromatic heterocycles. The lowest BCUT2D eigenvalue weighted by Gasteiger charge is -2.44. The van der Waals surface area contributed by atoms with E-state index in [4.69, 9.17) is 15.0 Å². The van der Waals surface area contributed by atoms with Crippen LogP contribution in [-0.4, -0.2) is 26.2 Å². The first-order chi connectivity index (χ1) is 40.7. The molecule has 82 heavy (non-hydrogen) atoms. The number of anilines is 6. The van der Waals surface area contributed by atoms with Gasteiger partial charge in [-0.25, -0.2) is 15.0 Å². The Kier molecular flexibility index (Phi) is 11.2. The predicted octanol–water partition coefficient (Wildman–Crippen LogP) is 17.1. The molecule has 6 nitrogen and oxygen atoms in total. The Balaban J connectivity index is 0.959. The smallest absolute Gasteiger partial charge is 0.252 e. The topological polar surface area (TPSA) is 50.1 Å². The van der Waals surface area contributed by atoms with Crippen LogP contribution in [0, 0.1) is 0 Å². The van der Waals surface area contributed by atoms with Crippen molar-refractivity contribution in [3.63, 3.8) is 0 Å². The highest BCUT2D eigenvalue weighted by Crippen LogP contribution is 2.48. The van der Waals surface area contributed by atoms with E-state index in [2.05, 4.69) is 275 Å². The lowest BCUT2D eigenvalue weighted by atomic mass is 9.33. The van der Waals surface area contributed by atoms with Gasteiger partial charge in [0.25, 0.3) is 6.71 Å². The van der Waals surface area contributed by atoms with Gasteiger partial charge in [0.05, 0.1) is 16.7 Å². The van der Waals surface area contributed by atoms with Crippen molar-refractivity contribution in [2.24, 2.45) is 0 Å². The van der Waals surface area contributed by atoms with Crippen molar-refractivity contribution >= 4 is 79.0 Å². The zero-order valence-corrected chi connectivity index (χ0v) is 44.6. The lowest BCUT2D eigenvalue weighted by Crippen LogP contribution is -2.61. The summed E-state index contributed by atoms with van der Waals surface area (Å²) in [5.74, 6) is 1.80. The van der Waals surface area contributed by atoms with Crippen LogP contribution in [-0.2, 0) is 0 Å².